The monoisotopic (exact) mass is 391 g/mol. The first-order chi connectivity index (χ1) is 14.0. The summed E-state index contributed by atoms with van der Waals surface area (Å²) in [5.41, 5.74) is 2.05. The third-order valence-corrected chi connectivity index (χ3v) is 5.97. The van der Waals surface area contributed by atoms with Gasteiger partial charge in [-0.3, -0.25) is 14.9 Å². The number of nitriles is 1. The first kappa shape index (κ1) is 17.7. The maximum Gasteiger partial charge on any atom is 0.254 e. The second-order valence-electron chi connectivity index (χ2n) is 8.02. The fraction of sp³-hybridized carbons (Fsp3) is 0.381. The zero-order valence-corrected chi connectivity index (χ0v) is 15.6. The molecule has 1 aromatic carbocycles. The molecule has 8 heteroatoms. The van der Waals surface area contributed by atoms with Crippen LogP contribution in [0.25, 0.3) is 0 Å². The minimum Gasteiger partial charge on any atom is -0.328 e. The number of fused-ring (bicyclic) bond motifs is 2. The topological polar surface area (TPSA) is 99.0 Å². The Morgan fingerprint density at radius 2 is 2.07 bits per heavy atom. The van der Waals surface area contributed by atoms with E-state index in [2.05, 4.69) is 15.3 Å². The van der Waals surface area contributed by atoms with E-state index >= 15 is 0 Å². The summed E-state index contributed by atoms with van der Waals surface area (Å²) in [5, 5.41) is 11.3. The zero-order chi connectivity index (χ0) is 20.2. The molecule has 0 radical (unpaired) electrons. The van der Waals surface area contributed by atoms with Crippen LogP contribution in [0.1, 0.15) is 52.2 Å². The van der Waals surface area contributed by atoms with Crippen LogP contribution in [0.3, 0.4) is 0 Å². The molecule has 1 aliphatic heterocycles. The summed E-state index contributed by atoms with van der Waals surface area (Å²) in [6, 6.07) is 7.64. The Morgan fingerprint density at radius 1 is 1.34 bits per heavy atom. The quantitative estimate of drug-likeness (QED) is 0.862. The van der Waals surface area contributed by atoms with Gasteiger partial charge in [-0.1, -0.05) is 12.1 Å². The van der Waals surface area contributed by atoms with Gasteiger partial charge in [0.15, 0.2) is 0 Å². The smallest absolute Gasteiger partial charge is 0.254 e. The molecule has 1 aromatic heterocycles. The predicted octanol–water partition coefficient (Wildman–Crippen LogP) is 2.30. The van der Waals surface area contributed by atoms with Gasteiger partial charge in [0.05, 0.1) is 18.0 Å². The van der Waals surface area contributed by atoms with Crippen LogP contribution < -0.4 is 5.32 Å². The highest BCUT2D eigenvalue weighted by molar-refractivity contribution is 6.01. The molecule has 5 rings (SSSR count). The fourth-order valence-corrected chi connectivity index (χ4v) is 4.12. The van der Waals surface area contributed by atoms with Gasteiger partial charge < -0.3 is 4.90 Å². The normalized spacial score (nSPS) is 24.8. The average Bonchev–Trinajstić information content (AvgIpc) is 3.64. The summed E-state index contributed by atoms with van der Waals surface area (Å²) < 4.78 is 14.5. The van der Waals surface area contributed by atoms with Gasteiger partial charge in [0.25, 0.3) is 5.91 Å². The molecule has 2 heterocycles. The molecule has 7 nitrogen and oxygen atoms in total. The van der Waals surface area contributed by atoms with Crippen LogP contribution in [0.15, 0.2) is 30.6 Å². The molecular formula is C21H18FN5O2. The van der Waals surface area contributed by atoms with Crippen molar-refractivity contribution in [2.75, 3.05) is 18.4 Å². The molecule has 2 amide bonds. The van der Waals surface area contributed by atoms with Gasteiger partial charge in [0.2, 0.25) is 11.9 Å². The van der Waals surface area contributed by atoms with Crippen LogP contribution in [0.2, 0.25) is 0 Å². The van der Waals surface area contributed by atoms with Crippen molar-refractivity contribution in [2.24, 2.45) is 0 Å². The lowest BCUT2D eigenvalue weighted by Gasteiger charge is -2.34. The van der Waals surface area contributed by atoms with E-state index in [1.54, 1.807) is 6.07 Å². The molecule has 0 bridgehead atoms. The number of hydrogen-bond acceptors (Lipinski definition) is 5. The van der Waals surface area contributed by atoms with E-state index in [4.69, 9.17) is 5.26 Å². The fourth-order valence-electron chi connectivity index (χ4n) is 4.12. The van der Waals surface area contributed by atoms with Crippen LogP contribution in [0, 0.1) is 11.3 Å². The lowest BCUT2D eigenvalue weighted by molar-refractivity contribution is -0.117. The van der Waals surface area contributed by atoms with Gasteiger partial charge in [0.1, 0.15) is 18.8 Å². The lowest BCUT2D eigenvalue weighted by atomic mass is 9.84. The summed E-state index contributed by atoms with van der Waals surface area (Å²) in [6.07, 6.45) is 4.25. The maximum absolute atomic E-state index is 14.5. The van der Waals surface area contributed by atoms with Gasteiger partial charge in [-0.2, -0.15) is 5.26 Å². The largest absolute Gasteiger partial charge is 0.328 e. The second kappa shape index (κ2) is 6.34. The lowest BCUT2D eigenvalue weighted by Crippen LogP contribution is -2.47. The molecule has 3 aliphatic rings. The van der Waals surface area contributed by atoms with E-state index in [-0.39, 0.29) is 30.5 Å². The molecular weight excluding hydrogens is 373 g/mol. The van der Waals surface area contributed by atoms with Gasteiger partial charge in [-0.25, -0.2) is 14.4 Å². The Bertz CT molecular complexity index is 1060. The second-order valence-corrected chi connectivity index (χ2v) is 8.02. The van der Waals surface area contributed by atoms with Crippen molar-refractivity contribution in [3.63, 3.8) is 0 Å². The molecule has 29 heavy (non-hydrogen) atoms. The molecule has 1 spiro atoms. The van der Waals surface area contributed by atoms with Gasteiger partial charge in [-0.05, 0) is 42.4 Å². The third-order valence-electron chi connectivity index (χ3n) is 5.97. The number of halogens is 1. The summed E-state index contributed by atoms with van der Waals surface area (Å²) in [4.78, 5) is 34.6. The Balaban J connectivity index is 1.35. The molecule has 2 atom stereocenters. The average molecular weight is 391 g/mol. The van der Waals surface area contributed by atoms with E-state index in [1.165, 1.54) is 22.9 Å². The minimum atomic E-state index is -1.00. The maximum atomic E-state index is 14.5. The number of benzene rings is 1. The summed E-state index contributed by atoms with van der Waals surface area (Å²) in [6.45, 7) is -0.0176. The highest BCUT2D eigenvalue weighted by atomic mass is 19.1. The third kappa shape index (κ3) is 3.03. The van der Waals surface area contributed by atoms with Gasteiger partial charge in [-0.15, -0.1) is 0 Å². The van der Waals surface area contributed by atoms with Crippen LogP contribution in [0.5, 0.6) is 0 Å². The Hall–Kier alpha value is -3.34. The van der Waals surface area contributed by atoms with E-state index in [0.717, 1.165) is 18.4 Å². The van der Waals surface area contributed by atoms with Crippen molar-refractivity contribution in [2.45, 2.75) is 36.8 Å². The predicted molar refractivity (Wildman–Crippen MR) is 101 cm³/mol. The summed E-state index contributed by atoms with van der Waals surface area (Å²) in [5.74, 6) is -0.145. The molecule has 2 fully saturated rings. The number of rotatable bonds is 4. The molecule has 1 N–H and O–H groups in total. The molecule has 146 valence electrons. The molecule has 2 unspecified atom stereocenters. The van der Waals surface area contributed by atoms with E-state index < -0.39 is 17.5 Å². The van der Waals surface area contributed by atoms with Gasteiger partial charge in [0, 0.05) is 17.5 Å². The number of carbonyl (C=O) groups excluding carboxylic acids is 2. The van der Waals surface area contributed by atoms with Crippen LogP contribution in [-0.2, 0) is 10.2 Å². The van der Waals surface area contributed by atoms with Crippen LogP contribution in [-0.4, -0.2) is 45.9 Å². The molecule has 2 aliphatic carbocycles. The molecule has 2 aromatic rings. The van der Waals surface area contributed by atoms with E-state index in [0.29, 0.717) is 17.9 Å². The SMILES string of the molecule is N#Cc1cnc(NC(=O)CN2CC3(CC3F)c3cc(C4CC4)ccc3C2=O)nc1. The number of nitrogens with zero attached hydrogens (tertiary/aromatic N) is 4. The van der Waals surface area contributed by atoms with Crippen molar-refractivity contribution >= 4 is 17.8 Å². The number of alkyl halides is 1. The first-order valence-corrected chi connectivity index (χ1v) is 9.60. The minimum absolute atomic E-state index is 0.0532. The molecule has 0 saturated heterocycles. The molecule has 2 saturated carbocycles. The number of hydrogen-bond donors (Lipinski definition) is 1. The highest BCUT2D eigenvalue weighted by Gasteiger charge is 2.61. The van der Waals surface area contributed by atoms with Crippen molar-refractivity contribution in [1.82, 2.24) is 14.9 Å². The van der Waals surface area contributed by atoms with Crippen LogP contribution in [0.4, 0.5) is 10.3 Å². The van der Waals surface area contributed by atoms with Crippen molar-refractivity contribution in [1.29, 1.82) is 5.26 Å². The highest BCUT2D eigenvalue weighted by Crippen LogP contribution is 2.55. The summed E-state index contributed by atoms with van der Waals surface area (Å²) >= 11 is 0. The zero-order valence-electron chi connectivity index (χ0n) is 15.6. The number of amides is 2. The van der Waals surface area contributed by atoms with Crippen LogP contribution >= 0.6 is 0 Å². The van der Waals surface area contributed by atoms with E-state index in [1.807, 2.05) is 18.2 Å². The Labute approximate surface area is 166 Å². The van der Waals surface area contributed by atoms with Gasteiger partial charge >= 0.3 is 0 Å². The van der Waals surface area contributed by atoms with Crippen molar-refractivity contribution in [3.8, 4) is 6.07 Å². The Kier molecular flexibility index (Phi) is 3.88. The number of carbonyl (C=O) groups is 2. The summed E-state index contributed by atoms with van der Waals surface area (Å²) in [7, 11) is 0. The number of anilines is 1. The number of aromatic nitrogens is 2. The van der Waals surface area contributed by atoms with Crippen molar-refractivity contribution < 1.29 is 14.0 Å². The Morgan fingerprint density at radius 3 is 2.69 bits per heavy atom. The van der Waals surface area contributed by atoms with Crippen molar-refractivity contribution in [3.05, 3.63) is 52.8 Å². The number of nitrogens with one attached hydrogen (secondary N) is 1. The standard InChI is InChI=1S/C21H18FN5O2/c22-17-6-21(17)11-27(10-18(28)26-20-24-8-12(7-23)9-25-20)19(29)15-4-3-14(5-16(15)21)13-1-2-13/h3-5,8-9,13,17H,1-2,6,10-11H2,(H,24,25,26,28). The van der Waals surface area contributed by atoms with E-state index in [9.17, 15) is 14.0 Å². The first-order valence-electron chi connectivity index (χ1n) is 9.60.